The quantitative estimate of drug-likeness (QED) is 0.849. The third-order valence-electron chi connectivity index (χ3n) is 4.55. The van der Waals surface area contributed by atoms with Gasteiger partial charge in [0.2, 0.25) is 0 Å². The first-order valence-electron chi connectivity index (χ1n) is 8.70. The van der Waals surface area contributed by atoms with Crippen molar-refractivity contribution in [3.63, 3.8) is 0 Å². The monoisotopic (exact) mass is 321 g/mol. The van der Waals surface area contributed by atoms with Gasteiger partial charge in [-0.05, 0) is 19.3 Å². The number of aromatic nitrogens is 1. The Labute approximate surface area is 137 Å². The van der Waals surface area contributed by atoms with Crippen LogP contribution in [0.25, 0.3) is 0 Å². The number of nitrogens with zero attached hydrogens (tertiary/aromatic N) is 3. The number of carbonyl (C=O) groups is 1. The van der Waals surface area contributed by atoms with Crippen LogP contribution in [-0.4, -0.2) is 59.6 Å². The topological polar surface area (TPSA) is 58.8 Å². The normalized spacial score (nSPS) is 23.4. The average molecular weight is 321 g/mol. The Hall–Kier alpha value is -1.40. The van der Waals surface area contributed by atoms with Crippen molar-refractivity contribution in [2.75, 3.05) is 32.8 Å². The molecule has 23 heavy (non-hydrogen) atoms. The van der Waals surface area contributed by atoms with E-state index >= 15 is 0 Å². The number of hydrogen-bond acceptors (Lipinski definition) is 5. The van der Waals surface area contributed by atoms with Crippen LogP contribution in [0.15, 0.2) is 10.7 Å². The lowest BCUT2D eigenvalue weighted by Gasteiger charge is -2.24. The van der Waals surface area contributed by atoms with Crippen LogP contribution in [-0.2, 0) is 16.1 Å². The van der Waals surface area contributed by atoms with E-state index in [0.29, 0.717) is 5.92 Å². The Bertz CT molecular complexity index is 523. The molecular weight excluding hydrogens is 294 g/mol. The molecule has 0 bridgehead atoms. The van der Waals surface area contributed by atoms with Gasteiger partial charge in [0.15, 0.2) is 5.89 Å². The van der Waals surface area contributed by atoms with Gasteiger partial charge in [-0.15, -0.1) is 0 Å². The second-order valence-corrected chi connectivity index (χ2v) is 6.79. The van der Waals surface area contributed by atoms with E-state index in [4.69, 9.17) is 9.15 Å². The summed E-state index contributed by atoms with van der Waals surface area (Å²) in [6.07, 6.45) is 4.42. The van der Waals surface area contributed by atoms with Gasteiger partial charge in [-0.1, -0.05) is 13.8 Å². The molecule has 6 heteroatoms. The molecular formula is C17H27N3O3. The van der Waals surface area contributed by atoms with Gasteiger partial charge in [-0.25, -0.2) is 4.98 Å². The highest BCUT2D eigenvalue weighted by atomic mass is 16.5. The lowest BCUT2D eigenvalue weighted by molar-refractivity contribution is -0.140. The minimum absolute atomic E-state index is 0.174. The number of rotatable bonds is 4. The molecule has 2 fully saturated rings. The fourth-order valence-electron chi connectivity index (χ4n) is 3.22. The number of carbonyl (C=O) groups excluding carboxylic acids is 1. The van der Waals surface area contributed by atoms with E-state index in [2.05, 4.69) is 23.7 Å². The molecule has 0 aliphatic carbocycles. The maximum atomic E-state index is 12.5. The summed E-state index contributed by atoms with van der Waals surface area (Å²) in [4.78, 5) is 21.3. The third kappa shape index (κ3) is 4.12. The zero-order chi connectivity index (χ0) is 16.2. The van der Waals surface area contributed by atoms with Crippen LogP contribution in [0, 0.1) is 0 Å². The Morgan fingerprint density at radius 2 is 2.17 bits per heavy atom. The molecule has 2 saturated heterocycles. The summed E-state index contributed by atoms with van der Waals surface area (Å²) >= 11 is 0. The van der Waals surface area contributed by atoms with E-state index in [0.717, 1.165) is 70.2 Å². The van der Waals surface area contributed by atoms with E-state index in [1.807, 2.05) is 4.90 Å². The van der Waals surface area contributed by atoms with Gasteiger partial charge in [-0.2, -0.15) is 0 Å². The standard InChI is InChI=1S/C17H27N3O3/c1-13(2)16-18-14(12-23-16)11-19-6-4-7-20(9-8-19)17(21)15-5-3-10-22-15/h12-13,15H,3-11H2,1-2H3/t15-/m0/s1. The first-order valence-corrected chi connectivity index (χ1v) is 8.70. The van der Waals surface area contributed by atoms with Gasteiger partial charge in [-0.3, -0.25) is 9.69 Å². The van der Waals surface area contributed by atoms with Crippen LogP contribution in [0.4, 0.5) is 0 Å². The van der Waals surface area contributed by atoms with Crippen molar-refractivity contribution in [1.82, 2.24) is 14.8 Å². The molecule has 2 aliphatic heterocycles. The van der Waals surface area contributed by atoms with Crippen LogP contribution < -0.4 is 0 Å². The van der Waals surface area contributed by atoms with Gasteiger partial charge >= 0.3 is 0 Å². The minimum Gasteiger partial charge on any atom is -0.448 e. The molecule has 6 nitrogen and oxygen atoms in total. The molecule has 0 saturated carbocycles. The molecule has 3 heterocycles. The predicted octanol–water partition coefficient (Wildman–Crippen LogP) is 2.01. The number of hydrogen-bond donors (Lipinski definition) is 0. The van der Waals surface area contributed by atoms with Crippen LogP contribution in [0.5, 0.6) is 0 Å². The molecule has 128 valence electrons. The summed E-state index contributed by atoms with van der Waals surface area (Å²) in [6.45, 7) is 9.13. The summed E-state index contributed by atoms with van der Waals surface area (Å²) in [5.74, 6) is 1.28. The molecule has 0 N–H and O–H groups in total. The molecule has 1 aromatic heterocycles. The van der Waals surface area contributed by atoms with Crippen molar-refractivity contribution in [3.05, 3.63) is 17.8 Å². The molecule has 1 atom stereocenters. The maximum absolute atomic E-state index is 12.5. The molecule has 0 radical (unpaired) electrons. The van der Waals surface area contributed by atoms with Crippen molar-refractivity contribution >= 4 is 5.91 Å². The third-order valence-corrected chi connectivity index (χ3v) is 4.55. The number of oxazole rings is 1. The average Bonchev–Trinajstić information content (AvgIpc) is 3.16. The first-order chi connectivity index (χ1) is 11.1. The molecule has 0 unspecified atom stereocenters. The van der Waals surface area contributed by atoms with Gasteiger partial charge < -0.3 is 14.1 Å². The van der Waals surface area contributed by atoms with E-state index in [1.165, 1.54) is 0 Å². The van der Waals surface area contributed by atoms with E-state index < -0.39 is 0 Å². The van der Waals surface area contributed by atoms with Crippen molar-refractivity contribution in [2.24, 2.45) is 0 Å². The van der Waals surface area contributed by atoms with Crippen LogP contribution in [0.3, 0.4) is 0 Å². The number of ether oxygens (including phenoxy) is 1. The second-order valence-electron chi connectivity index (χ2n) is 6.79. The highest BCUT2D eigenvalue weighted by Crippen LogP contribution is 2.18. The smallest absolute Gasteiger partial charge is 0.251 e. The largest absolute Gasteiger partial charge is 0.448 e. The minimum atomic E-state index is -0.203. The molecule has 1 amide bonds. The number of amides is 1. The first kappa shape index (κ1) is 16.5. The Balaban J connectivity index is 1.52. The fourth-order valence-corrected chi connectivity index (χ4v) is 3.22. The van der Waals surface area contributed by atoms with Crippen molar-refractivity contribution in [3.8, 4) is 0 Å². The maximum Gasteiger partial charge on any atom is 0.251 e. The summed E-state index contributed by atoms with van der Waals surface area (Å²) < 4.78 is 11.0. The molecule has 2 aliphatic rings. The van der Waals surface area contributed by atoms with Crippen molar-refractivity contribution in [1.29, 1.82) is 0 Å². The molecule has 3 rings (SSSR count). The highest BCUT2D eigenvalue weighted by Gasteiger charge is 2.29. The SMILES string of the molecule is CC(C)c1nc(CN2CCCN(C(=O)[C@@H]3CCCO3)CC2)co1. The van der Waals surface area contributed by atoms with Gasteiger partial charge in [0.1, 0.15) is 12.4 Å². The Morgan fingerprint density at radius 3 is 2.87 bits per heavy atom. The van der Waals surface area contributed by atoms with Gasteiger partial charge in [0.25, 0.3) is 5.91 Å². The molecule has 0 aromatic carbocycles. The molecule has 1 aromatic rings. The predicted molar refractivity (Wildman–Crippen MR) is 86.0 cm³/mol. The zero-order valence-electron chi connectivity index (χ0n) is 14.2. The lowest BCUT2D eigenvalue weighted by atomic mass is 10.2. The second kappa shape index (κ2) is 7.45. The van der Waals surface area contributed by atoms with Crippen molar-refractivity contribution < 1.29 is 13.9 Å². The summed E-state index contributed by atoms with van der Waals surface area (Å²) in [5.41, 5.74) is 0.979. The Morgan fingerprint density at radius 1 is 1.30 bits per heavy atom. The van der Waals surface area contributed by atoms with Crippen LogP contribution in [0.1, 0.15) is 50.6 Å². The van der Waals surface area contributed by atoms with E-state index in [9.17, 15) is 4.79 Å². The lowest BCUT2D eigenvalue weighted by Crippen LogP contribution is -2.41. The van der Waals surface area contributed by atoms with Crippen LogP contribution >= 0.6 is 0 Å². The van der Waals surface area contributed by atoms with Crippen LogP contribution in [0.2, 0.25) is 0 Å². The van der Waals surface area contributed by atoms with E-state index in [-0.39, 0.29) is 12.0 Å². The molecule has 0 spiro atoms. The summed E-state index contributed by atoms with van der Waals surface area (Å²) in [7, 11) is 0. The summed E-state index contributed by atoms with van der Waals surface area (Å²) in [5, 5.41) is 0. The van der Waals surface area contributed by atoms with Gasteiger partial charge in [0.05, 0.1) is 5.69 Å². The zero-order valence-corrected chi connectivity index (χ0v) is 14.2. The highest BCUT2D eigenvalue weighted by molar-refractivity contribution is 5.81. The Kier molecular flexibility index (Phi) is 5.33. The van der Waals surface area contributed by atoms with Crippen molar-refractivity contribution in [2.45, 2.75) is 51.7 Å². The van der Waals surface area contributed by atoms with E-state index in [1.54, 1.807) is 6.26 Å². The fraction of sp³-hybridized carbons (Fsp3) is 0.765. The summed E-state index contributed by atoms with van der Waals surface area (Å²) in [6, 6.07) is 0. The van der Waals surface area contributed by atoms with Gasteiger partial charge in [0, 0.05) is 45.2 Å².